The van der Waals surface area contributed by atoms with Gasteiger partial charge in [-0.15, -0.1) is 0 Å². The summed E-state index contributed by atoms with van der Waals surface area (Å²) in [7, 11) is 0. The van der Waals surface area contributed by atoms with E-state index >= 15 is 0 Å². The monoisotopic (exact) mass is 341 g/mol. The van der Waals surface area contributed by atoms with Crippen LogP contribution in [0.4, 0.5) is 10.5 Å². The first-order valence-corrected chi connectivity index (χ1v) is 7.63. The predicted molar refractivity (Wildman–Crippen MR) is 92.3 cm³/mol. The fourth-order valence-corrected chi connectivity index (χ4v) is 2.01. The van der Waals surface area contributed by atoms with E-state index in [1.54, 1.807) is 31.2 Å². The van der Waals surface area contributed by atoms with Crippen molar-refractivity contribution in [1.29, 1.82) is 0 Å². The van der Waals surface area contributed by atoms with E-state index in [2.05, 4.69) is 15.6 Å². The van der Waals surface area contributed by atoms with E-state index in [-0.39, 0.29) is 5.56 Å². The van der Waals surface area contributed by atoms with Crippen LogP contribution in [0.3, 0.4) is 0 Å². The first kappa shape index (κ1) is 18.1. The molecular weight excluding hydrogens is 322 g/mol. The molecule has 130 valence electrons. The Kier molecular flexibility index (Phi) is 5.84. The second-order valence-electron chi connectivity index (χ2n) is 5.51. The number of nitrogens with zero attached hydrogens (tertiary/aromatic N) is 1. The van der Waals surface area contributed by atoms with Gasteiger partial charge in [-0.2, -0.15) is 0 Å². The number of carbonyl (C=O) groups is 3. The summed E-state index contributed by atoms with van der Waals surface area (Å²) in [5.41, 5.74) is 3.52. The van der Waals surface area contributed by atoms with Crippen molar-refractivity contribution in [3.05, 3.63) is 58.9 Å². The molecule has 1 heterocycles. The second-order valence-corrected chi connectivity index (χ2v) is 5.51. The summed E-state index contributed by atoms with van der Waals surface area (Å²) >= 11 is 0. The van der Waals surface area contributed by atoms with Gasteiger partial charge in [0.15, 0.2) is 6.61 Å². The van der Waals surface area contributed by atoms with Gasteiger partial charge in [0.25, 0.3) is 5.91 Å². The number of pyridine rings is 1. The number of carbonyl (C=O) groups excluding carboxylic acids is 3. The summed E-state index contributed by atoms with van der Waals surface area (Å²) in [6, 6.07) is 7.98. The highest BCUT2D eigenvalue weighted by Gasteiger charge is 2.13. The number of imide groups is 1. The van der Waals surface area contributed by atoms with E-state index in [0.717, 1.165) is 16.8 Å². The number of aryl methyl sites for hydroxylation is 2. The molecule has 2 rings (SSSR count). The van der Waals surface area contributed by atoms with Crippen LogP contribution < -0.4 is 10.6 Å². The fraction of sp³-hybridized carbons (Fsp3) is 0.222. The van der Waals surface area contributed by atoms with Crippen molar-refractivity contribution in [3.8, 4) is 0 Å². The van der Waals surface area contributed by atoms with Crippen LogP contribution in [0.1, 0.15) is 27.2 Å². The minimum Gasteiger partial charge on any atom is -0.452 e. The number of amides is 3. The zero-order chi connectivity index (χ0) is 18.4. The van der Waals surface area contributed by atoms with Gasteiger partial charge in [-0.25, -0.2) is 9.59 Å². The summed E-state index contributed by atoms with van der Waals surface area (Å²) in [6.07, 6.45) is 1.36. The third kappa shape index (κ3) is 5.13. The van der Waals surface area contributed by atoms with Crippen molar-refractivity contribution in [2.75, 3.05) is 11.9 Å². The molecule has 25 heavy (non-hydrogen) atoms. The van der Waals surface area contributed by atoms with E-state index in [0.29, 0.717) is 5.69 Å². The smallest absolute Gasteiger partial charge is 0.340 e. The highest BCUT2D eigenvalue weighted by atomic mass is 16.5. The Hall–Kier alpha value is -3.22. The van der Waals surface area contributed by atoms with E-state index in [1.807, 2.05) is 19.9 Å². The first-order chi connectivity index (χ1) is 11.9. The Bertz CT molecular complexity index is 800. The lowest BCUT2D eigenvalue weighted by Gasteiger charge is -2.11. The van der Waals surface area contributed by atoms with Crippen LogP contribution >= 0.6 is 0 Å². The molecule has 0 saturated carbocycles. The van der Waals surface area contributed by atoms with E-state index in [1.165, 1.54) is 6.20 Å². The van der Waals surface area contributed by atoms with Crippen LogP contribution in [0.5, 0.6) is 0 Å². The maximum atomic E-state index is 11.8. The Morgan fingerprint density at radius 2 is 1.84 bits per heavy atom. The normalized spacial score (nSPS) is 10.0. The van der Waals surface area contributed by atoms with Crippen molar-refractivity contribution < 1.29 is 19.1 Å². The van der Waals surface area contributed by atoms with Crippen LogP contribution in [0.2, 0.25) is 0 Å². The molecule has 0 bridgehead atoms. The molecule has 0 atom stereocenters. The molecule has 1 aromatic heterocycles. The van der Waals surface area contributed by atoms with E-state index in [4.69, 9.17) is 4.74 Å². The number of aromatic nitrogens is 1. The molecule has 0 aliphatic heterocycles. The molecule has 2 aromatic rings. The molecule has 7 heteroatoms. The summed E-state index contributed by atoms with van der Waals surface area (Å²) in [4.78, 5) is 39.3. The highest BCUT2D eigenvalue weighted by Crippen LogP contribution is 2.17. The quantitative estimate of drug-likeness (QED) is 0.833. The molecule has 0 fully saturated rings. The zero-order valence-corrected chi connectivity index (χ0v) is 14.3. The molecule has 3 amide bonds. The lowest BCUT2D eigenvalue weighted by Crippen LogP contribution is -2.37. The van der Waals surface area contributed by atoms with Gasteiger partial charge < -0.3 is 10.1 Å². The maximum Gasteiger partial charge on any atom is 0.340 e. The number of nitrogens with one attached hydrogen (secondary N) is 2. The highest BCUT2D eigenvalue weighted by molar-refractivity contribution is 6.02. The lowest BCUT2D eigenvalue weighted by atomic mass is 10.1. The standard InChI is InChI=1S/C18H19N3O4/c1-11-5-4-6-15(13(11)3)20-18(24)21-16(22)10-25-17(23)14-8-7-12(2)19-9-14/h4-9H,10H2,1-3H3,(H2,20,21,22,24). The van der Waals surface area contributed by atoms with Gasteiger partial charge in [0.1, 0.15) is 0 Å². The predicted octanol–water partition coefficient (Wildman–Crippen LogP) is 2.51. The van der Waals surface area contributed by atoms with Gasteiger partial charge in [-0.05, 0) is 50.1 Å². The Balaban J connectivity index is 1.83. The van der Waals surface area contributed by atoms with Crippen LogP contribution in [0.25, 0.3) is 0 Å². The van der Waals surface area contributed by atoms with Gasteiger partial charge in [0.2, 0.25) is 0 Å². The summed E-state index contributed by atoms with van der Waals surface area (Å²) in [6.45, 7) is 5.01. The van der Waals surface area contributed by atoms with Gasteiger partial charge >= 0.3 is 12.0 Å². The largest absolute Gasteiger partial charge is 0.452 e. The molecule has 2 N–H and O–H groups in total. The van der Waals surface area contributed by atoms with Gasteiger partial charge in [-0.1, -0.05) is 12.1 Å². The molecule has 0 aliphatic carbocycles. The average Bonchev–Trinajstić information content (AvgIpc) is 2.57. The van der Waals surface area contributed by atoms with Crippen molar-refractivity contribution in [2.45, 2.75) is 20.8 Å². The summed E-state index contributed by atoms with van der Waals surface area (Å²) in [5.74, 6) is -1.41. The summed E-state index contributed by atoms with van der Waals surface area (Å²) in [5, 5.41) is 4.70. The van der Waals surface area contributed by atoms with Gasteiger partial charge in [-0.3, -0.25) is 15.1 Å². The first-order valence-electron chi connectivity index (χ1n) is 7.63. The molecule has 0 unspecified atom stereocenters. The van der Waals surface area contributed by atoms with Crippen LogP contribution in [0, 0.1) is 20.8 Å². The number of benzene rings is 1. The molecule has 0 saturated heterocycles. The second kappa shape index (κ2) is 8.05. The summed E-state index contributed by atoms with van der Waals surface area (Å²) < 4.78 is 4.85. The fourth-order valence-electron chi connectivity index (χ4n) is 2.01. The van der Waals surface area contributed by atoms with E-state index < -0.39 is 24.5 Å². The van der Waals surface area contributed by atoms with Gasteiger partial charge in [0.05, 0.1) is 5.56 Å². The van der Waals surface area contributed by atoms with Crippen molar-refractivity contribution in [1.82, 2.24) is 10.3 Å². The maximum absolute atomic E-state index is 11.8. The van der Waals surface area contributed by atoms with Crippen LogP contribution in [0.15, 0.2) is 36.5 Å². The van der Waals surface area contributed by atoms with Gasteiger partial charge in [0, 0.05) is 17.6 Å². The van der Waals surface area contributed by atoms with Crippen molar-refractivity contribution in [3.63, 3.8) is 0 Å². The van der Waals surface area contributed by atoms with Crippen molar-refractivity contribution in [2.24, 2.45) is 0 Å². The average molecular weight is 341 g/mol. The molecule has 0 radical (unpaired) electrons. The number of ether oxygens (including phenoxy) is 1. The minimum atomic E-state index is -0.726. The minimum absolute atomic E-state index is 0.234. The van der Waals surface area contributed by atoms with Crippen molar-refractivity contribution >= 4 is 23.6 Å². The molecular formula is C18H19N3O4. The van der Waals surface area contributed by atoms with E-state index in [9.17, 15) is 14.4 Å². The molecule has 1 aromatic carbocycles. The third-order valence-electron chi connectivity index (χ3n) is 3.59. The number of esters is 1. The van der Waals surface area contributed by atoms with Crippen LogP contribution in [-0.2, 0) is 9.53 Å². The van der Waals surface area contributed by atoms with Crippen LogP contribution in [-0.4, -0.2) is 29.5 Å². The lowest BCUT2D eigenvalue weighted by molar-refractivity contribution is -0.123. The topological polar surface area (TPSA) is 97.4 Å². The number of hydrogen-bond acceptors (Lipinski definition) is 5. The number of urea groups is 1. The molecule has 0 spiro atoms. The molecule has 0 aliphatic rings. The number of hydrogen-bond donors (Lipinski definition) is 2. The Morgan fingerprint density at radius 1 is 1.08 bits per heavy atom. The molecule has 7 nitrogen and oxygen atoms in total. The number of anilines is 1. The third-order valence-corrected chi connectivity index (χ3v) is 3.59. The number of rotatable bonds is 4. The Labute approximate surface area is 145 Å². The Morgan fingerprint density at radius 3 is 2.52 bits per heavy atom. The SMILES string of the molecule is Cc1ccc(C(=O)OCC(=O)NC(=O)Nc2cccc(C)c2C)cn1. The zero-order valence-electron chi connectivity index (χ0n) is 14.3.